The molecule has 0 aliphatic heterocycles. The number of amides is 2. The van der Waals surface area contributed by atoms with E-state index in [1.165, 1.54) is 16.2 Å². The summed E-state index contributed by atoms with van der Waals surface area (Å²) in [7, 11) is 0. The predicted molar refractivity (Wildman–Crippen MR) is 87.9 cm³/mol. The van der Waals surface area contributed by atoms with E-state index in [-0.39, 0.29) is 18.1 Å². The molecule has 6 heteroatoms. The van der Waals surface area contributed by atoms with Crippen molar-refractivity contribution in [1.29, 1.82) is 0 Å². The fourth-order valence-corrected chi connectivity index (χ4v) is 2.89. The molecule has 0 unspecified atom stereocenters. The van der Waals surface area contributed by atoms with Gasteiger partial charge in [0.25, 0.3) is 0 Å². The van der Waals surface area contributed by atoms with Crippen LogP contribution in [0, 0.1) is 5.41 Å². The summed E-state index contributed by atoms with van der Waals surface area (Å²) in [6.45, 7) is 9.68. The number of carbonyl (C=O) groups is 1. The van der Waals surface area contributed by atoms with Crippen LogP contribution >= 0.6 is 11.3 Å². The maximum Gasteiger partial charge on any atom is 0.323 e. The van der Waals surface area contributed by atoms with Crippen LogP contribution in [0.1, 0.15) is 45.4 Å². The molecule has 0 bridgehead atoms. The first kappa shape index (κ1) is 17.9. The molecule has 2 N–H and O–H groups in total. The predicted octanol–water partition coefficient (Wildman–Crippen LogP) is 3.36. The van der Waals surface area contributed by atoms with Gasteiger partial charge in [-0.1, -0.05) is 34.1 Å². The number of carbonyl (C=O) groups excluding carboxylic acids is 1. The Bertz CT molecular complexity index is 440. The molecule has 1 heterocycles. The van der Waals surface area contributed by atoms with Crippen molar-refractivity contribution in [3.63, 3.8) is 0 Å². The molecular formula is C15H27N3O2S. The van der Waals surface area contributed by atoms with Crippen LogP contribution in [0.25, 0.3) is 0 Å². The van der Waals surface area contributed by atoms with Crippen molar-refractivity contribution in [2.75, 3.05) is 25.0 Å². The SMILES string of the molecule is CCCc1cnc(NC(=O)N(CCCO)CC(C)(C)C)s1. The van der Waals surface area contributed by atoms with Crippen molar-refractivity contribution < 1.29 is 9.90 Å². The Morgan fingerprint density at radius 1 is 1.48 bits per heavy atom. The maximum absolute atomic E-state index is 12.4. The van der Waals surface area contributed by atoms with Crippen LogP contribution in [0.3, 0.4) is 0 Å². The second-order valence-corrected chi connectivity index (χ2v) is 7.49. The first-order valence-corrected chi connectivity index (χ1v) is 8.29. The average molecular weight is 313 g/mol. The summed E-state index contributed by atoms with van der Waals surface area (Å²) in [5.74, 6) is 0. The molecule has 1 aromatic rings. The second-order valence-electron chi connectivity index (χ2n) is 6.37. The third-order valence-corrected chi connectivity index (χ3v) is 3.77. The van der Waals surface area contributed by atoms with Crippen molar-refractivity contribution in [2.45, 2.75) is 47.0 Å². The average Bonchev–Trinajstić information content (AvgIpc) is 2.81. The molecule has 0 saturated carbocycles. The van der Waals surface area contributed by atoms with Crippen LogP contribution in [0.15, 0.2) is 6.20 Å². The van der Waals surface area contributed by atoms with Crippen molar-refractivity contribution in [3.8, 4) is 0 Å². The number of aryl methyl sites for hydroxylation is 1. The highest BCUT2D eigenvalue weighted by Gasteiger charge is 2.21. The highest BCUT2D eigenvalue weighted by Crippen LogP contribution is 2.21. The number of thiazole rings is 1. The number of hydrogen-bond acceptors (Lipinski definition) is 4. The molecular weight excluding hydrogens is 286 g/mol. The van der Waals surface area contributed by atoms with Crippen molar-refractivity contribution >= 4 is 22.5 Å². The molecule has 0 aliphatic carbocycles. The zero-order chi connectivity index (χ0) is 15.9. The highest BCUT2D eigenvalue weighted by atomic mass is 32.1. The lowest BCUT2D eigenvalue weighted by Gasteiger charge is -2.29. The van der Waals surface area contributed by atoms with Crippen LogP contribution in [-0.4, -0.2) is 40.7 Å². The van der Waals surface area contributed by atoms with E-state index in [1.54, 1.807) is 4.90 Å². The van der Waals surface area contributed by atoms with Gasteiger partial charge in [-0.25, -0.2) is 9.78 Å². The maximum atomic E-state index is 12.4. The van der Waals surface area contributed by atoms with Crippen LogP contribution < -0.4 is 5.32 Å². The lowest BCUT2D eigenvalue weighted by Crippen LogP contribution is -2.41. The van der Waals surface area contributed by atoms with Gasteiger partial charge < -0.3 is 10.0 Å². The highest BCUT2D eigenvalue weighted by molar-refractivity contribution is 7.15. The Hall–Kier alpha value is -1.14. The molecule has 0 spiro atoms. The summed E-state index contributed by atoms with van der Waals surface area (Å²) in [5, 5.41) is 12.5. The lowest BCUT2D eigenvalue weighted by atomic mass is 9.96. The molecule has 1 rings (SSSR count). The van der Waals surface area contributed by atoms with Gasteiger partial charge in [0.05, 0.1) is 0 Å². The van der Waals surface area contributed by atoms with Gasteiger partial charge in [-0.2, -0.15) is 0 Å². The van der Waals surface area contributed by atoms with Crippen molar-refractivity contribution in [3.05, 3.63) is 11.1 Å². The van der Waals surface area contributed by atoms with E-state index in [4.69, 9.17) is 5.11 Å². The van der Waals surface area contributed by atoms with E-state index in [0.717, 1.165) is 12.8 Å². The van der Waals surface area contributed by atoms with E-state index < -0.39 is 0 Å². The van der Waals surface area contributed by atoms with Gasteiger partial charge in [0, 0.05) is 30.8 Å². The first-order valence-electron chi connectivity index (χ1n) is 7.47. The van der Waals surface area contributed by atoms with Gasteiger partial charge in [-0.15, -0.1) is 11.3 Å². The Balaban J connectivity index is 2.65. The minimum absolute atomic E-state index is 0.0169. The monoisotopic (exact) mass is 313 g/mol. The van der Waals surface area contributed by atoms with Crippen molar-refractivity contribution in [1.82, 2.24) is 9.88 Å². The summed E-state index contributed by atoms with van der Waals surface area (Å²) >= 11 is 1.53. The quantitative estimate of drug-likeness (QED) is 0.811. The molecule has 0 radical (unpaired) electrons. The summed E-state index contributed by atoms with van der Waals surface area (Å²) in [6.07, 6.45) is 4.47. The molecule has 21 heavy (non-hydrogen) atoms. The van der Waals surface area contributed by atoms with Crippen LogP contribution in [-0.2, 0) is 6.42 Å². The Labute approximate surface area is 131 Å². The molecule has 2 amide bonds. The Kier molecular flexibility index (Phi) is 7.11. The molecule has 0 saturated heterocycles. The third kappa shape index (κ3) is 6.91. The van der Waals surface area contributed by atoms with Crippen LogP contribution in [0.2, 0.25) is 0 Å². The standard InChI is InChI=1S/C15H27N3O2S/c1-5-7-12-10-16-13(21-12)17-14(20)18(8-6-9-19)11-15(2,3)4/h10,19H,5-9,11H2,1-4H3,(H,16,17,20). The summed E-state index contributed by atoms with van der Waals surface area (Å²) in [4.78, 5) is 19.5. The molecule has 0 fully saturated rings. The van der Waals surface area contributed by atoms with E-state index in [0.29, 0.717) is 24.6 Å². The van der Waals surface area contributed by atoms with E-state index in [2.05, 4.69) is 38.0 Å². The van der Waals surface area contributed by atoms with Gasteiger partial charge >= 0.3 is 6.03 Å². The zero-order valence-electron chi connectivity index (χ0n) is 13.5. The van der Waals surface area contributed by atoms with Gasteiger partial charge in [-0.3, -0.25) is 5.32 Å². The van der Waals surface area contributed by atoms with Gasteiger partial charge in [0.2, 0.25) is 0 Å². The van der Waals surface area contributed by atoms with Gasteiger partial charge in [0.1, 0.15) is 0 Å². The van der Waals surface area contributed by atoms with E-state index >= 15 is 0 Å². The second kappa shape index (κ2) is 8.34. The van der Waals surface area contributed by atoms with E-state index in [1.807, 2.05) is 6.20 Å². The molecule has 0 aliphatic rings. The first-order chi connectivity index (χ1) is 9.85. The Morgan fingerprint density at radius 3 is 2.76 bits per heavy atom. The van der Waals surface area contributed by atoms with Crippen LogP contribution in [0.5, 0.6) is 0 Å². The largest absolute Gasteiger partial charge is 0.396 e. The number of nitrogens with zero attached hydrogens (tertiary/aromatic N) is 2. The Morgan fingerprint density at radius 2 is 2.19 bits per heavy atom. The smallest absolute Gasteiger partial charge is 0.323 e. The number of aliphatic hydroxyl groups is 1. The number of nitrogens with one attached hydrogen (secondary N) is 1. The number of aromatic nitrogens is 1. The zero-order valence-corrected chi connectivity index (χ0v) is 14.3. The number of urea groups is 1. The minimum atomic E-state index is -0.143. The fourth-order valence-electron chi connectivity index (χ4n) is 1.98. The van der Waals surface area contributed by atoms with Crippen LogP contribution in [0.4, 0.5) is 9.93 Å². The lowest BCUT2D eigenvalue weighted by molar-refractivity contribution is 0.176. The van der Waals surface area contributed by atoms with Gasteiger partial charge in [-0.05, 0) is 18.3 Å². The summed E-state index contributed by atoms with van der Waals surface area (Å²) in [5.41, 5.74) is 0.0169. The molecule has 5 nitrogen and oxygen atoms in total. The molecule has 120 valence electrons. The molecule has 1 aromatic heterocycles. The summed E-state index contributed by atoms with van der Waals surface area (Å²) < 4.78 is 0. The molecule has 0 aromatic carbocycles. The fraction of sp³-hybridized carbons (Fsp3) is 0.733. The van der Waals surface area contributed by atoms with Gasteiger partial charge in [0.15, 0.2) is 5.13 Å². The normalized spacial score (nSPS) is 11.5. The summed E-state index contributed by atoms with van der Waals surface area (Å²) in [6, 6.07) is -0.143. The molecule has 0 atom stereocenters. The number of aliphatic hydroxyl groups excluding tert-OH is 1. The van der Waals surface area contributed by atoms with E-state index in [9.17, 15) is 4.79 Å². The topological polar surface area (TPSA) is 65.5 Å². The number of hydrogen-bond donors (Lipinski definition) is 2. The number of anilines is 1. The minimum Gasteiger partial charge on any atom is -0.396 e. The van der Waals surface area contributed by atoms with Crippen molar-refractivity contribution in [2.24, 2.45) is 5.41 Å². The number of rotatable bonds is 7. The third-order valence-electron chi connectivity index (χ3n) is 2.80.